The van der Waals surface area contributed by atoms with E-state index in [1.807, 2.05) is 24.4 Å². The maximum atomic E-state index is 5.80. The molecule has 0 saturated heterocycles. The summed E-state index contributed by atoms with van der Waals surface area (Å²) in [7, 11) is 0. The maximum absolute atomic E-state index is 5.80. The molecule has 0 aliphatic carbocycles. The molecule has 0 spiro atoms. The minimum atomic E-state index is 0.175. The van der Waals surface area contributed by atoms with Crippen LogP contribution < -0.4 is 10.2 Å². The van der Waals surface area contributed by atoms with Crippen LogP contribution in [0.3, 0.4) is 0 Å². The molecule has 4 rings (SSSR count). The van der Waals surface area contributed by atoms with Gasteiger partial charge in [-0.05, 0) is 30.7 Å². The standard InChI is InChI=1S/C16H18N4O2/c1-5-21-7-4-12-8-11(10-17-18-12)16-14-9-13(22-6-1)2-3-15(14)19-20-16/h2-3,8-10,12,18H,1,4-7H2,(H,19,20). The average molecular weight is 298 g/mol. The lowest BCUT2D eigenvalue weighted by Gasteiger charge is -2.18. The second-order valence-electron chi connectivity index (χ2n) is 5.50. The van der Waals surface area contributed by atoms with E-state index in [0.717, 1.165) is 40.8 Å². The molecule has 114 valence electrons. The first-order valence-corrected chi connectivity index (χ1v) is 7.59. The number of nitrogens with one attached hydrogen (secondary N) is 2. The Morgan fingerprint density at radius 2 is 2.18 bits per heavy atom. The summed E-state index contributed by atoms with van der Waals surface area (Å²) in [6.07, 6.45) is 5.74. The highest BCUT2D eigenvalue weighted by atomic mass is 16.5. The van der Waals surface area contributed by atoms with Crippen molar-refractivity contribution >= 4 is 22.7 Å². The molecular formula is C16H18N4O2. The summed E-state index contributed by atoms with van der Waals surface area (Å²) in [5.74, 6) is 0.857. The highest BCUT2D eigenvalue weighted by Gasteiger charge is 2.16. The van der Waals surface area contributed by atoms with Gasteiger partial charge in [-0.1, -0.05) is 0 Å². The van der Waals surface area contributed by atoms with Crippen molar-refractivity contribution in [1.82, 2.24) is 15.6 Å². The van der Waals surface area contributed by atoms with Crippen LogP contribution in [0.5, 0.6) is 5.75 Å². The zero-order chi connectivity index (χ0) is 14.8. The van der Waals surface area contributed by atoms with E-state index in [1.165, 1.54) is 0 Å². The molecule has 0 fully saturated rings. The molecule has 4 bridgehead atoms. The molecule has 3 heterocycles. The lowest BCUT2D eigenvalue weighted by Crippen LogP contribution is -2.27. The fourth-order valence-electron chi connectivity index (χ4n) is 2.75. The third-order valence-corrected chi connectivity index (χ3v) is 3.91. The number of rotatable bonds is 0. The molecule has 1 atom stereocenters. The summed E-state index contributed by atoms with van der Waals surface area (Å²) in [5.41, 5.74) is 6.04. The quantitative estimate of drug-likeness (QED) is 0.781. The molecule has 2 aromatic rings. The first-order valence-electron chi connectivity index (χ1n) is 7.59. The fraction of sp³-hybridized carbons (Fsp3) is 0.375. The molecule has 1 aromatic carbocycles. The van der Waals surface area contributed by atoms with Crippen LogP contribution in [0.25, 0.3) is 16.5 Å². The van der Waals surface area contributed by atoms with Crippen molar-refractivity contribution in [2.24, 2.45) is 5.10 Å². The number of H-pyrrole nitrogens is 1. The lowest BCUT2D eigenvalue weighted by molar-refractivity contribution is 0.114. The Morgan fingerprint density at radius 3 is 3.18 bits per heavy atom. The number of ether oxygens (including phenoxy) is 2. The van der Waals surface area contributed by atoms with Crippen LogP contribution in [-0.2, 0) is 4.74 Å². The van der Waals surface area contributed by atoms with Gasteiger partial charge in [-0.2, -0.15) is 10.2 Å². The Bertz CT molecular complexity index is 735. The zero-order valence-corrected chi connectivity index (χ0v) is 12.2. The van der Waals surface area contributed by atoms with Gasteiger partial charge in [-0.15, -0.1) is 0 Å². The van der Waals surface area contributed by atoms with E-state index in [4.69, 9.17) is 9.47 Å². The summed E-state index contributed by atoms with van der Waals surface area (Å²) < 4.78 is 11.4. The van der Waals surface area contributed by atoms with Crippen LogP contribution in [-0.4, -0.2) is 42.3 Å². The van der Waals surface area contributed by atoms with Gasteiger partial charge in [0.2, 0.25) is 0 Å². The van der Waals surface area contributed by atoms with Gasteiger partial charge in [-0.25, -0.2) is 0 Å². The highest BCUT2D eigenvalue weighted by Crippen LogP contribution is 2.27. The summed E-state index contributed by atoms with van der Waals surface area (Å²) in [6, 6.07) is 6.17. The minimum Gasteiger partial charge on any atom is -0.493 e. The van der Waals surface area contributed by atoms with Gasteiger partial charge in [0.15, 0.2) is 0 Å². The zero-order valence-electron chi connectivity index (χ0n) is 12.2. The number of nitrogens with zero attached hydrogens (tertiary/aromatic N) is 2. The van der Waals surface area contributed by atoms with Crippen LogP contribution in [0.4, 0.5) is 0 Å². The minimum absolute atomic E-state index is 0.175. The molecular weight excluding hydrogens is 280 g/mol. The Labute approximate surface area is 128 Å². The predicted octanol–water partition coefficient (Wildman–Crippen LogP) is 2.09. The normalized spacial score (nSPS) is 21.8. The van der Waals surface area contributed by atoms with Crippen LogP contribution in [0.15, 0.2) is 29.4 Å². The maximum Gasteiger partial charge on any atom is 0.120 e. The summed E-state index contributed by atoms with van der Waals surface area (Å²) in [6.45, 7) is 2.08. The molecule has 2 aliphatic rings. The molecule has 0 saturated carbocycles. The Morgan fingerprint density at radius 1 is 1.18 bits per heavy atom. The molecule has 6 heteroatoms. The average Bonchev–Trinajstić information content (AvgIpc) is 2.97. The number of hydrogen-bond acceptors (Lipinski definition) is 5. The van der Waals surface area contributed by atoms with Gasteiger partial charge in [0.1, 0.15) is 11.4 Å². The van der Waals surface area contributed by atoms with Gasteiger partial charge < -0.3 is 14.9 Å². The first kappa shape index (κ1) is 13.3. The van der Waals surface area contributed by atoms with Crippen LogP contribution >= 0.6 is 0 Å². The third-order valence-electron chi connectivity index (χ3n) is 3.91. The van der Waals surface area contributed by atoms with E-state index in [2.05, 4.69) is 26.8 Å². The Hall–Kier alpha value is -2.34. The van der Waals surface area contributed by atoms with E-state index in [1.54, 1.807) is 0 Å². The smallest absolute Gasteiger partial charge is 0.120 e. The molecule has 1 unspecified atom stereocenters. The third kappa shape index (κ3) is 2.57. The van der Waals surface area contributed by atoms with E-state index in [0.29, 0.717) is 19.8 Å². The van der Waals surface area contributed by atoms with Gasteiger partial charge in [0.05, 0.1) is 24.4 Å². The second-order valence-corrected chi connectivity index (χ2v) is 5.50. The Kier molecular flexibility index (Phi) is 3.52. The molecule has 22 heavy (non-hydrogen) atoms. The van der Waals surface area contributed by atoms with E-state index >= 15 is 0 Å². The summed E-state index contributed by atoms with van der Waals surface area (Å²) in [4.78, 5) is 0. The van der Waals surface area contributed by atoms with Crippen LogP contribution in [0.1, 0.15) is 18.5 Å². The van der Waals surface area contributed by atoms with Crippen molar-refractivity contribution in [1.29, 1.82) is 0 Å². The van der Waals surface area contributed by atoms with Crippen molar-refractivity contribution in [3.8, 4) is 5.75 Å². The SMILES string of the molecule is C1=NNC2C=C1c1n[nH]c3ccc(cc13)OCCCOCC2. The van der Waals surface area contributed by atoms with Crippen molar-refractivity contribution in [2.75, 3.05) is 19.8 Å². The number of allylic oxidation sites excluding steroid dienone is 1. The second kappa shape index (κ2) is 5.81. The number of benzene rings is 1. The van der Waals surface area contributed by atoms with Gasteiger partial charge in [0, 0.05) is 30.6 Å². The number of fused-ring (bicyclic) bond motifs is 3. The van der Waals surface area contributed by atoms with Crippen LogP contribution in [0, 0.1) is 0 Å². The van der Waals surface area contributed by atoms with Gasteiger partial charge in [0.25, 0.3) is 0 Å². The van der Waals surface area contributed by atoms with Crippen molar-refractivity contribution in [3.05, 3.63) is 30.0 Å². The predicted molar refractivity (Wildman–Crippen MR) is 85.0 cm³/mol. The highest BCUT2D eigenvalue weighted by molar-refractivity contribution is 6.14. The number of aromatic nitrogens is 2. The monoisotopic (exact) mass is 298 g/mol. The van der Waals surface area contributed by atoms with Crippen molar-refractivity contribution in [3.63, 3.8) is 0 Å². The van der Waals surface area contributed by atoms with Crippen LogP contribution in [0.2, 0.25) is 0 Å². The van der Waals surface area contributed by atoms with Gasteiger partial charge >= 0.3 is 0 Å². The Balaban J connectivity index is 1.77. The first-order chi connectivity index (χ1) is 10.9. The molecule has 2 N–H and O–H groups in total. The topological polar surface area (TPSA) is 71.5 Å². The molecule has 0 radical (unpaired) electrons. The largest absolute Gasteiger partial charge is 0.493 e. The fourth-order valence-corrected chi connectivity index (χ4v) is 2.75. The van der Waals surface area contributed by atoms with Crippen molar-refractivity contribution < 1.29 is 9.47 Å². The molecule has 0 amide bonds. The van der Waals surface area contributed by atoms with Crippen molar-refractivity contribution in [2.45, 2.75) is 18.9 Å². The number of hydrazone groups is 1. The number of hydrogen-bond donors (Lipinski definition) is 2. The molecule has 2 aliphatic heterocycles. The van der Waals surface area contributed by atoms with Gasteiger partial charge in [-0.3, -0.25) is 5.10 Å². The molecule has 6 nitrogen and oxygen atoms in total. The summed E-state index contributed by atoms with van der Waals surface area (Å²) >= 11 is 0. The summed E-state index contributed by atoms with van der Waals surface area (Å²) in [5, 5.41) is 12.8. The van der Waals surface area contributed by atoms with E-state index in [-0.39, 0.29) is 6.04 Å². The molecule has 1 aromatic heterocycles. The number of aromatic amines is 1. The lowest BCUT2D eigenvalue weighted by atomic mass is 10.0. The van der Waals surface area contributed by atoms with E-state index in [9.17, 15) is 0 Å². The van der Waals surface area contributed by atoms with E-state index < -0.39 is 0 Å².